The van der Waals surface area contributed by atoms with E-state index in [1.807, 2.05) is 0 Å². The van der Waals surface area contributed by atoms with Gasteiger partial charge < -0.3 is 26.2 Å². The number of aromatic nitrogens is 3. The number of carboxylic acids is 2. The van der Waals surface area contributed by atoms with Gasteiger partial charge in [0, 0.05) is 12.7 Å². The lowest BCUT2D eigenvalue weighted by molar-refractivity contribution is 0.0696. The Hall–Kier alpha value is -4.39. The Morgan fingerprint density at radius 2 is 1.28 bits per heavy atom. The molecule has 3 rings (SSSR count). The Morgan fingerprint density at radius 3 is 1.75 bits per heavy atom. The van der Waals surface area contributed by atoms with E-state index >= 15 is 0 Å². The van der Waals surface area contributed by atoms with Crippen LogP contribution in [0.1, 0.15) is 20.7 Å². The lowest BCUT2D eigenvalue weighted by atomic mass is 10.1. The van der Waals surface area contributed by atoms with Crippen LogP contribution in [0.25, 0.3) is 0 Å². The number of nitrogens with one attached hydrogen (secondary N) is 3. The van der Waals surface area contributed by atoms with Crippen molar-refractivity contribution >= 4 is 61.4 Å². The molecule has 7 N–H and O–H groups in total. The molecule has 16 nitrogen and oxygen atoms in total. The molecule has 0 aliphatic rings. The third kappa shape index (κ3) is 6.18. The molecule has 1 heterocycles. The van der Waals surface area contributed by atoms with Gasteiger partial charge in [-0.3, -0.25) is 9.11 Å². The second-order valence-electron chi connectivity index (χ2n) is 6.82. The Balaban J connectivity index is 2.08. The number of rotatable bonds is 9. The van der Waals surface area contributed by atoms with Crippen molar-refractivity contribution in [2.75, 3.05) is 23.0 Å². The summed E-state index contributed by atoms with van der Waals surface area (Å²) in [5, 5.41) is 26.1. The Labute approximate surface area is 202 Å². The molecule has 0 atom stereocenters. The van der Waals surface area contributed by atoms with Crippen LogP contribution >= 0.6 is 0 Å². The Kier molecular flexibility index (Phi) is 7.06. The van der Waals surface area contributed by atoms with Crippen molar-refractivity contribution < 1.29 is 45.7 Å². The highest BCUT2D eigenvalue weighted by Crippen LogP contribution is 2.28. The van der Waals surface area contributed by atoms with Gasteiger partial charge in [0.2, 0.25) is 17.8 Å². The number of hydrogen-bond acceptors (Lipinski definition) is 12. The summed E-state index contributed by atoms with van der Waals surface area (Å²) in [5.41, 5.74) is -1.25. The summed E-state index contributed by atoms with van der Waals surface area (Å²) in [6.07, 6.45) is 0. The van der Waals surface area contributed by atoms with Crippen LogP contribution in [0.3, 0.4) is 0 Å². The zero-order chi connectivity index (χ0) is 26.8. The van der Waals surface area contributed by atoms with Crippen molar-refractivity contribution in [2.24, 2.45) is 0 Å². The van der Waals surface area contributed by atoms with E-state index in [9.17, 15) is 45.7 Å². The predicted octanol–water partition coefficient (Wildman–Crippen LogP) is 1.29. The summed E-state index contributed by atoms with van der Waals surface area (Å²) in [4.78, 5) is 33.1. The predicted molar refractivity (Wildman–Crippen MR) is 122 cm³/mol. The first kappa shape index (κ1) is 26.2. The fourth-order valence-electron chi connectivity index (χ4n) is 2.79. The van der Waals surface area contributed by atoms with Gasteiger partial charge in [-0.1, -0.05) is 0 Å². The first-order chi connectivity index (χ1) is 16.7. The summed E-state index contributed by atoms with van der Waals surface area (Å²) in [6, 6.07) is 5.34. The average molecular weight is 540 g/mol. The molecule has 36 heavy (non-hydrogen) atoms. The zero-order valence-electron chi connectivity index (χ0n) is 17.9. The highest BCUT2D eigenvalue weighted by molar-refractivity contribution is 7.86. The molecular weight excluding hydrogens is 524 g/mol. The van der Waals surface area contributed by atoms with Crippen LogP contribution in [-0.4, -0.2) is 70.1 Å². The Morgan fingerprint density at radius 1 is 0.750 bits per heavy atom. The molecule has 0 saturated heterocycles. The highest BCUT2D eigenvalue weighted by atomic mass is 32.2. The van der Waals surface area contributed by atoms with E-state index in [1.54, 1.807) is 0 Å². The molecule has 0 unspecified atom stereocenters. The quantitative estimate of drug-likeness (QED) is 0.188. The third-order valence-electron chi connectivity index (χ3n) is 4.32. The minimum atomic E-state index is -4.87. The van der Waals surface area contributed by atoms with E-state index in [0.29, 0.717) is 6.07 Å². The lowest BCUT2D eigenvalue weighted by Gasteiger charge is -2.13. The molecule has 18 heteroatoms. The summed E-state index contributed by atoms with van der Waals surface area (Å²) in [6.45, 7) is 0. The van der Waals surface area contributed by atoms with Crippen LogP contribution in [0.4, 0.5) is 29.2 Å². The smallest absolute Gasteiger partial charge is 0.335 e. The lowest BCUT2D eigenvalue weighted by Crippen LogP contribution is -2.11. The van der Waals surface area contributed by atoms with Crippen LogP contribution in [-0.2, 0) is 20.2 Å². The maximum atomic E-state index is 11.7. The van der Waals surface area contributed by atoms with E-state index in [1.165, 1.54) is 7.05 Å². The first-order valence-electron chi connectivity index (χ1n) is 9.36. The maximum Gasteiger partial charge on any atom is 0.335 e. The molecule has 0 bridgehead atoms. The highest BCUT2D eigenvalue weighted by Gasteiger charge is 2.21. The van der Waals surface area contributed by atoms with Crippen molar-refractivity contribution in [3.05, 3.63) is 47.5 Å². The Bertz CT molecular complexity index is 1560. The molecular formula is C18H16N6O10S2. The zero-order valence-corrected chi connectivity index (χ0v) is 19.5. The normalized spacial score (nSPS) is 11.5. The molecule has 0 fully saturated rings. The number of nitrogens with zero attached hydrogens (tertiary/aromatic N) is 3. The van der Waals surface area contributed by atoms with Gasteiger partial charge in [0.1, 0.15) is 4.90 Å². The van der Waals surface area contributed by atoms with E-state index in [4.69, 9.17) is 0 Å². The van der Waals surface area contributed by atoms with Gasteiger partial charge in [0.25, 0.3) is 20.2 Å². The van der Waals surface area contributed by atoms with Crippen LogP contribution in [0.5, 0.6) is 0 Å². The van der Waals surface area contributed by atoms with E-state index in [0.717, 1.165) is 30.3 Å². The molecule has 2 aromatic carbocycles. The summed E-state index contributed by atoms with van der Waals surface area (Å²) < 4.78 is 65.2. The maximum absolute atomic E-state index is 11.7. The summed E-state index contributed by atoms with van der Waals surface area (Å²) in [7, 11) is -8.21. The second-order valence-corrected chi connectivity index (χ2v) is 9.64. The fourth-order valence-corrected chi connectivity index (χ4v) is 3.92. The van der Waals surface area contributed by atoms with Crippen LogP contribution in [0.15, 0.2) is 46.2 Å². The van der Waals surface area contributed by atoms with Gasteiger partial charge in [-0.15, -0.1) is 0 Å². The van der Waals surface area contributed by atoms with Crippen LogP contribution < -0.4 is 16.0 Å². The second kappa shape index (κ2) is 9.70. The molecule has 0 aliphatic heterocycles. The van der Waals surface area contributed by atoms with Gasteiger partial charge in [-0.25, -0.2) is 9.59 Å². The molecule has 3 aromatic rings. The van der Waals surface area contributed by atoms with Gasteiger partial charge >= 0.3 is 11.9 Å². The van der Waals surface area contributed by atoms with Crippen molar-refractivity contribution in [1.82, 2.24) is 15.0 Å². The molecule has 1 aromatic heterocycles. The molecule has 190 valence electrons. The van der Waals surface area contributed by atoms with Crippen molar-refractivity contribution in [3.63, 3.8) is 0 Å². The fraction of sp³-hybridized carbons (Fsp3) is 0.0556. The van der Waals surface area contributed by atoms with E-state index in [-0.39, 0.29) is 34.7 Å². The van der Waals surface area contributed by atoms with Gasteiger partial charge in [-0.2, -0.15) is 31.8 Å². The minimum absolute atomic E-state index is 0.0292. The van der Waals surface area contributed by atoms with Crippen LogP contribution in [0, 0.1) is 0 Å². The summed E-state index contributed by atoms with van der Waals surface area (Å²) >= 11 is 0. The van der Waals surface area contributed by atoms with Crippen molar-refractivity contribution in [2.45, 2.75) is 9.79 Å². The molecule has 0 saturated carbocycles. The molecule has 0 amide bonds. The van der Waals surface area contributed by atoms with Gasteiger partial charge in [0.15, 0.2) is 0 Å². The van der Waals surface area contributed by atoms with E-state index < -0.39 is 47.7 Å². The number of anilines is 5. The standard InChI is InChI=1S/C18H16N6O10S2/c1-19-16-22-17(20-10-5-8(14(25)26)4-9(6-10)15(27)28)24-18(23-16)21-12-7-11(35(29,30)31)2-3-13(12)36(32,33)34/h2-7H,1H3,(H,25,26)(H,27,28)(H,29,30,31)(H,32,33,34)(H3,19,20,21,22,23,24). The molecule has 0 radical (unpaired) electrons. The number of aromatic carboxylic acids is 2. The number of benzene rings is 2. The first-order valence-corrected chi connectivity index (χ1v) is 12.2. The number of carboxylic acid groups (broad SMARTS) is 2. The number of carbonyl (C=O) groups is 2. The van der Waals surface area contributed by atoms with E-state index in [2.05, 4.69) is 30.9 Å². The monoisotopic (exact) mass is 540 g/mol. The molecule has 0 aliphatic carbocycles. The van der Waals surface area contributed by atoms with Gasteiger partial charge in [0.05, 0.1) is 21.7 Å². The topological polar surface area (TPSA) is 258 Å². The third-order valence-corrected chi connectivity index (χ3v) is 6.08. The summed E-state index contributed by atoms with van der Waals surface area (Å²) in [5.74, 6) is -3.56. The SMILES string of the molecule is CNc1nc(Nc2cc(C(=O)O)cc(C(=O)O)c2)nc(Nc2cc(S(=O)(=O)O)ccc2S(=O)(=O)O)n1. The number of hydrogen-bond donors (Lipinski definition) is 7. The van der Waals surface area contributed by atoms with Gasteiger partial charge in [-0.05, 0) is 36.4 Å². The van der Waals surface area contributed by atoms with Crippen molar-refractivity contribution in [1.29, 1.82) is 0 Å². The van der Waals surface area contributed by atoms with Crippen molar-refractivity contribution in [3.8, 4) is 0 Å². The minimum Gasteiger partial charge on any atom is -0.478 e. The molecule has 0 spiro atoms. The van der Waals surface area contributed by atoms with Crippen LogP contribution in [0.2, 0.25) is 0 Å². The average Bonchev–Trinajstić information content (AvgIpc) is 2.77. The largest absolute Gasteiger partial charge is 0.478 e.